The molecule has 2 heterocycles. The van der Waals surface area contributed by atoms with Gasteiger partial charge in [-0.25, -0.2) is 0 Å². The normalized spacial score (nSPS) is 30.4. The van der Waals surface area contributed by atoms with Crippen molar-refractivity contribution in [3.8, 4) is 11.5 Å². The molecule has 1 N–H and O–H groups in total. The van der Waals surface area contributed by atoms with Gasteiger partial charge in [-0.2, -0.15) is 0 Å². The number of morpholine rings is 1. The Morgan fingerprint density at radius 1 is 1.33 bits per heavy atom. The van der Waals surface area contributed by atoms with Gasteiger partial charge in [0.25, 0.3) is 0 Å². The molecule has 2 atom stereocenters. The van der Waals surface area contributed by atoms with E-state index in [-0.39, 0.29) is 11.7 Å². The first kappa shape index (κ1) is 11.8. The lowest BCUT2D eigenvalue weighted by molar-refractivity contribution is -0.109. The number of rotatable bonds is 2. The Bertz CT molecular complexity index is 449. The second-order valence-corrected chi connectivity index (χ2v) is 5.15. The molecular formula is C14H19NO3. The maximum atomic E-state index is 6.21. The van der Waals surface area contributed by atoms with Crippen molar-refractivity contribution in [1.82, 2.24) is 5.32 Å². The predicted octanol–water partition coefficient (Wildman–Crippen LogP) is 2.24. The van der Waals surface area contributed by atoms with E-state index in [2.05, 4.69) is 25.2 Å². The lowest BCUT2D eigenvalue weighted by atomic mass is 9.98. The fourth-order valence-electron chi connectivity index (χ4n) is 2.40. The van der Waals surface area contributed by atoms with Crippen molar-refractivity contribution in [3.63, 3.8) is 0 Å². The third-order valence-electron chi connectivity index (χ3n) is 3.77. The Labute approximate surface area is 107 Å². The van der Waals surface area contributed by atoms with E-state index in [1.807, 2.05) is 12.1 Å². The van der Waals surface area contributed by atoms with Crippen LogP contribution in [0.3, 0.4) is 0 Å². The zero-order chi connectivity index (χ0) is 12.6. The van der Waals surface area contributed by atoms with Crippen molar-refractivity contribution in [3.05, 3.63) is 23.8 Å². The summed E-state index contributed by atoms with van der Waals surface area (Å²) in [5.41, 5.74) is 1.06. The molecular weight excluding hydrogens is 230 g/mol. The van der Waals surface area contributed by atoms with Crippen molar-refractivity contribution in [1.29, 1.82) is 0 Å². The number of fused-ring (bicyclic) bond motifs is 1. The van der Waals surface area contributed by atoms with Crippen LogP contribution in [0.25, 0.3) is 0 Å². The quantitative estimate of drug-likeness (QED) is 0.872. The van der Waals surface area contributed by atoms with Crippen LogP contribution in [-0.2, 0) is 4.74 Å². The van der Waals surface area contributed by atoms with Crippen LogP contribution >= 0.6 is 0 Å². The molecule has 1 saturated heterocycles. The highest BCUT2D eigenvalue weighted by atomic mass is 16.7. The first-order valence-electron chi connectivity index (χ1n) is 6.48. The van der Waals surface area contributed by atoms with E-state index in [4.69, 9.17) is 14.2 Å². The zero-order valence-electron chi connectivity index (χ0n) is 10.9. The molecule has 0 bridgehead atoms. The van der Waals surface area contributed by atoms with E-state index in [0.29, 0.717) is 6.79 Å². The summed E-state index contributed by atoms with van der Waals surface area (Å²) in [4.78, 5) is 0. The van der Waals surface area contributed by atoms with E-state index in [0.717, 1.165) is 36.6 Å². The minimum Gasteiger partial charge on any atom is -0.454 e. The van der Waals surface area contributed by atoms with Crippen LogP contribution in [0, 0.1) is 0 Å². The minimum absolute atomic E-state index is 0.0817. The van der Waals surface area contributed by atoms with Gasteiger partial charge in [-0.15, -0.1) is 0 Å². The van der Waals surface area contributed by atoms with E-state index in [9.17, 15) is 0 Å². The van der Waals surface area contributed by atoms with Gasteiger partial charge in [0.15, 0.2) is 11.5 Å². The van der Waals surface area contributed by atoms with E-state index < -0.39 is 0 Å². The van der Waals surface area contributed by atoms with Gasteiger partial charge in [0.1, 0.15) is 0 Å². The molecule has 0 saturated carbocycles. The molecule has 18 heavy (non-hydrogen) atoms. The lowest BCUT2D eigenvalue weighted by Gasteiger charge is -2.39. The summed E-state index contributed by atoms with van der Waals surface area (Å²) < 4.78 is 16.9. The number of benzene rings is 1. The average molecular weight is 249 g/mol. The molecule has 0 aliphatic carbocycles. The highest BCUT2D eigenvalue weighted by Gasteiger charge is 2.32. The van der Waals surface area contributed by atoms with Crippen LogP contribution in [0.4, 0.5) is 0 Å². The number of nitrogens with one attached hydrogen (secondary N) is 1. The highest BCUT2D eigenvalue weighted by molar-refractivity contribution is 5.45. The molecule has 0 radical (unpaired) electrons. The molecule has 3 rings (SSSR count). The van der Waals surface area contributed by atoms with Crippen LogP contribution in [0.15, 0.2) is 18.2 Å². The Morgan fingerprint density at radius 3 is 3.00 bits per heavy atom. The molecule has 0 spiro atoms. The molecule has 2 unspecified atom stereocenters. The van der Waals surface area contributed by atoms with E-state index >= 15 is 0 Å². The average Bonchev–Trinajstić information content (AvgIpc) is 2.86. The van der Waals surface area contributed by atoms with Gasteiger partial charge < -0.3 is 19.5 Å². The summed E-state index contributed by atoms with van der Waals surface area (Å²) in [7, 11) is 0. The van der Waals surface area contributed by atoms with Crippen LogP contribution < -0.4 is 14.8 Å². The molecule has 0 amide bonds. The Kier molecular flexibility index (Phi) is 2.92. The predicted molar refractivity (Wildman–Crippen MR) is 68.0 cm³/mol. The van der Waals surface area contributed by atoms with Gasteiger partial charge in [0, 0.05) is 13.1 Å². The maximum absolute atomic E-state index is 6.21. The van der Waals surface area contributed by atoms with Gasteiger partial charge in [0.2, 0.25) is 6.79 Å². The Balaban J connectivity index is 1.82. The molecule has 1 fully saturated rings. The summed E-state index contributed by atoms with van der Waals surface area (Å²) in [6.45, 7) is 6.37. The smallest absolute Gasteiger partial charge is 0.231 e. The lowest BCUT2D eigenvalue weighted by Crippen LogP contribution is -2.48. The van der Waals surface area contributed by atoms with Crippen molar-refractivity contribution in [2.45, 2.75) is 32.0 Å². The molecule has 1 aromatic carbocycles. The molecule has 0 aromatic heterocycles. The third-order valence-corrected chi connectivity index (χ3v) is 3.77. The van der Waals surface area contributed by atoms with Crippen LogP contribution in [0.2, 0.25) is 0 Å². The SMILES string of the molecule is CCC1(C)CNCC(c2ccc3c(c2)OCO3)O1. The number of hydrogen-bond donors (Lipinski definition) is 1. The van der Waals surface area contributed by atoms with Crippen LogP contribution in [0.5, 0.6) is 11.5 Å². The largest absolute Gasteiger partial charge is 0.454 e. The third kappa shape index (κ3) is 2.06. The summed E-state index contributed by atoms with van der Waals surface area (Å²) in [5, 5.41) is 3.45. The fourth-order valence-corrected chi connectivity index (χ4v) is 2.40. The van der Waals surface area contributed by atoms with Gasteiger partial charge >= 0.3 is 0 Å². The van der Waals surface area contributed by atoms with Crippen molar-refractivity contribution in [2.24, 2.45) is 0 Å². The van der Waals surface area contributed by atoms with Gasteiger partial charge in [0.05, 0.1) is 11.7 Å². The summed E-state index contributed by atoms with van der Waals surface area (Å²) in [6.07, 6.45) is 1.08. The molecule has 1 aromatic rings. The van der Waals surface area contributed by atoms with Crippen molar-refractivity contribution in [2.75, 3.05) is 19.9 Å². The van der Waals surface area contributed by atoms with E-state index in [1.165, 1.54) is 0 Å². The molecule has 2 aliphatic heterocycles. The number of ether oxygens (including phenoxy) is 3. The summed E-state index contributed by atoms with van der Waals surface area (Å²) in [5.74, 6) is 1.64. The molecule has 4 nitrogen and oxygen atoms in total. The Morgan fingerprint density at radius 2 is 2.17 bits per heavy atom. The van der Waals surface area contributed by atoms with Crippen LogP contribution in [-0.4, -0.2) is 25.5 Å². The molecule has 98 valence electrons. The fraction of sp³-hybridized carbons (Fsp3) is 0.571. The second kappa shape index (κ2) is 4.44. The molecule has 4 heteroatoms. The van der Waals surface area contributed by atoms with Gasteiger partial charge in [-0.1, -0.05) is 13.0 Å². The second-order valence-electron chi connectivity index (χ2n) is 5.15. The van der Waals surface area contributed by atoms with Crippen molar-refractivity contribution >= 4 is 0 Å². The van der Waals surface area contributed by atoms with E-state index in [1.54, 1.807) is 0 Å². The first-order chi connectivity index (χ1) is 8.70. The summed E-state index contributed by atoms with van der Waals surface area (Å²) in [6, 6.07) is 6.04. The van der Waals surface area contributed by atoms with Crippen molar-refractivity contribution < 1.29 is 14.2 Å². The van der Waals surface area contributed by atoms with Gasteiger partial charge in [-0.05, 0) is 31.0 Å². The van der Waals surface area contributed by atoms with Gasteiger partial charge in [-0.3, -0.25) is 0 Å². The minimum atomic E-state index is -0.0840. The zero-order valence-corrected chi connectivity index (χ0v) is 10.9. The first-order valence-corrected chi connectivity index (χ1v) is 6.48. The topological polar surface area (TPSA) is 39.7 Å². The van der Waals surface area contributed by atoms with Crippen LogP contribution in [0.1, 0.15) is 31.9 Å². The number of hydrogen-bond acceptors (Lipinski definition) is 4. The summed E-state index contributed by atoms with van der Waals surface area (Å²) >= 11 is 0. The molecule has 2 aliphatic rings. The monoisotopic (exact) mass is 249 g/mol. The highest BCUT2D eigenvalue weighted by Crippen LogP contribution is 2.37. The maximum Gasteiger partial charge on any atom is 0.231 e. The standard InChI is InChI=1S/C14H19NO3/c1-3-14(2)8-15-7-13(18-14)10-4-5-11-12(6-10)17-9-16-11/h4-6,13,15H,3,7-9H2,1-2H3. The Hall–Kier alpha value is -1.26.